The molecule has 1 aliphatic rings. The lowest BCUT2D eigenvalue weighted by atomic mass is 10.00. The van der Waals surface area contributed by atoms with Crippen molar-refractivity contribution in [2.75, 3.05) is 20.2 Å². The first-order valence-corrected chi connectivity index (χ1v) is 8.32. The SMILES string of the molecule is COC(C)(C)C[C@@H](C)NC(=O)c1nnn(C2CCNCC2)c1C. The van der Waals surface area contributed by atoms with Crippen LogP contribution in [0.3, 0.4) is 0 Å². The molecule has 1 saturated heterocycles. The highest BCUT2D eigenvalue weighted by Gasteiger charge is 2.25. The second-order valence-corrected chi connectivity index (χ2v) is 6.99. The minimum atomic E-state index is -0.269. The van der Waals surface area contributed by atoms with Gasteiger partial charge in [-0.3, -0.25) is 4.79 Å². The van der Waals surface area contributed by atoms with Crippen molar-refractivity contribution in [3.05, 3.63) is 11.4 Å². The number of rotatable bonds is 6. The van der Waals surface area contributed by atoms with Crippen LogP contribution < -0.4 is 10.6 Å². The van der Waals surface area contributed by atoms with E-state index in [9.17, 15) is 4.79 Å². The van der Waals surface area contributed by atoms with Crippen molar-refractivity contribution in [1.82, 2.24) is 25.6 Å². The average Bonchev–Trinajstić information content (AvgIpc) is 2.89. The van der Waals surface area contributed by atoms with Gasteiger partial charge in [-0.15, -0.1) is 5.10 Å². The number of nitrogens with one attached hydrogen (secondary N) is 2. The zero-order valence-electron chi connectivity index (χ0n) is 14.8. The van der Waals surface area contributed by atoms with Crippen LogP contribution in [0.1, 0.15) is 62.3 Å². The Kier molecular flexibility index (Phi) is 5.75. The Morgan fingerprint density at radius 1 is 1.48 bits per heavy atom. The second-order valence-electron chi connectivity index (χ2n) is 6.99. The van der Waals surface area contributed by atoms with Crippen molar-refractivity contribution in [1.29, 1.82) is 0 Å². The van der Waals surface area contributed by atoms with Gasteiger partial charge < -0.3 is 15.4 Å². The van der Waals surface area contributed by atoms with Crippen LogP contribution in [-0.2, 0) is 4.74 Å². The van der Waals surface area contributed by atoms with E-state index in [2.05, 4.69) is 20.9 Å². The summed E-state index contributed by atoms with van der Waals surface area (Å²) < 4.78 is 7.32. The molecule has 1 amide bonds. The third-order valence-electron chi connectivity index (χ3n) is 4.52. The van der Waals surface area contributed by atoms with Gasteiger partial charge in [-0.05, 0) is 60.0 Å². The van der Waals surface area contributed by atoms with Gasteiger partial charge in [0.05, 0.1) is 17.3 Å². The summed E-state index contributed by atoms with van der Waals surface area (Å²) in [7, 11) is 1.68. The molecule has 0 aliphatic carbocycles. The van der Waals surface area contributed by atoms with Gasteiger partial charge in [0.25, 0.3) is 5.91 Å². The van der Waals surface area contributed by atoms with Gasteiger partial charge in [0.1, 0.15) is 0 Å². The summed E-state index contributed by atoms with van der Waals surface area (Å²) in [6.07, 6.45) is 2.77. The highest BCUT2D eigenvalue weighted by Crippen LogP contribution is 2.20. The fourth-order valence-electron chi connectivity index (χ4n) is 3.11. The van der Waals surface area contributed by atoms with Crippen molar-refractivity contribution in [3.63, 3.8) is 0 Å². The van der Waals surface area contributed by atoms with Crippen molar-refractivity contribution in [2.45, 2.75) is 64.6 Å². The van der Waals surface area contributed by atoms with Crippen molar-refractivity contribution >= 4 is 5.91 Å². The Hall–Kier alpha value is -1.47. The minimum absolute atomic E-state index is 0.000815. The van der Waals surface area contributed by atoms with E-state index in [0.29, 0.717) is 11.7 Å². The molecule has 0 aromatic carbocycles. The molecule has 130 valence electrons. The van der Waals surface area contributed by atoms with Crippen LogP contribution in [0, 0.1) is 6.92 Å². The molecule has 1 aromatic rings. The summed E-state index contributed by atoms with van der Waals surface area (Å²) in [4.78, 5) is 12.5. The number of methoxy groups -OCH3 is 1. The van der Waals surface area contributed by atoms with Crippen LogP contribution in [-0.4, -0.2) is 52.7 Å². The van der Waals surface area contributed by atoms with Crippen LogP contribution in [0.2, 0.25) is 0 Å². The predicted octanol–water partition coefficient (Wildman–Crippen LogP) is 1.44. The number of hydrogen-bond donors (Lipinski definition) is 2. The molecule has 0 spiro atoms. The largest absolute Gasteiger partial charge is 0.379 e. The van der Waals surface area contributed by atoms with Gasteiger partial charge in [-0.1, -0.05) is 5.21 Å². The summed E-state index contributed by atoms with van der Waals surface area (Å²) >= 11 is 0. The molecule has 1 aromatic heterocycles. The number of aromatic nitrogens is 3. The molecular formula is C16H29N5O2. The van der Waals surface area contributed by atoms with Gasteiger partial charge >= 0.3 is 0 Å². The van der Waals surface area contributed by atoms with Crippen LogP contribution in [0.5, 0.6) is 0 Å². The van der Waals surface area contributed by atoms with Gasteiger partial charge in [0.2, 0.25) is 0 Å². The summed E-state index contributed by atoms with van der Waals surface area (Å²) in [6, 6.07) is 0.330. The zero-order valence-corrected chi connectivity index (χ0v) is 14.8. The highest BCUT2D eigenvalue weighted by atomic mass is 16.5. The van der Waals surface area contributed by atoms with Crippen LogP contribution in [0.15, 0.2) is 0 Å². The van der Waals surface area contributed by atoms with Crippen LogP contribution in [0.4, 0.5) is 0 Å². The maximum Gasteiger partial charge on any atom is 0.273 e. The first kappa shape index (κ1) is 17.9. The van der Waals surface area contributed by atoms with E-state index in [0.717, 1.165) is 38.0 Å². The smallest absolute Gasteiger partial charge is 0.273 e. The first-order chi connectivity index (χ1) is 10.8. The number of ether oxygens (including phenoxy) is 1. The summed E-state index contributed by atoms with van der Waals surface area (Å²) in [5, 5.41) is 14.7. The molecule has 2 heterocycles. The van der Waals surface area contributed by atoms with Crippen LogP contribution >= 0.6 is 0 Å². The second kappa shape index (κ2) is 7.40. The molecule has 23 heavy (non-hydrogen) atoms. The lowest BCUT2D eigenvalue weighted by Gasteiger charge is -2.27. The molecule has 1 atom stereocenters. The Morgan fingerprint density at radius 2 is 2.13 bits per heavy atom. The van der Waals surface area contributed by atoms with E-state index >= 15 is 0 Å². The lowest BCUT2D eigenvalue weighted by Crippen LogP contribution is -2.39. The maximum absolute atomic E-state index is 12.5. The number of piperidine rings is 1. The molecule has 2 N–H and O–H groups in total. The monoisotopic (exact) mass is 323 g/mol. The van der Waals surface area contributed by atoms with Crippen LogP contribution in [0.25, 0.3) is 0 Å². The first-order valence-electron chi connectivity index (χ1n) is 8.32. The third-order valence-corrected chi connectivity index (χ3v) is 4.52. The Morgan fingerprint density at radius 3 is 2.74 bits per heavy atom. The fraction of sp³-hybridized carbons (Fsp3) is 0.812. The Bertz CT molecular complexity index is 535. The van der Waals surface area contributed by atoms with Crippen molar-refractivity contribution < 1.29 is 9.53 Å². The fourth-order valence-corrected chi connectivity index (χ4v) is 3.11. The van der Waals surface area contributed by atoms with Crippen molar-refractivity contribution in [2.24, 2.45) is 0 Å². The third kappa shape index (κ3) is 4.51. The van der Waals surface area contributed by atoms with E-state index < -0.39 is 0 Å². The molecule has 0 unspecified atom stereocenters. The van der Waals surface area contributed by atoms with Gasteiger partial charge in [0, 0.05) is 13.2 Å². The van der Waals surface area contributed by atoms with Gasteiger partial charge in [-0.25, -0.2) is 4.68 Å². The number of nitrogens with zero attached hydrogens (tertiary/aromatic N) is 3. The molecule has 7 nitrogen and oxygen atoms in total. The Balaban J connectivity index is 2.01. The molecule has 7 heteroatoms. The molecule has 0 bridgehead atoms. The van der Waals surface area contributed by atoms with Gasteiger partial charge in [0.15, 0.2) is 5.69 Å². The topological polar surface area (TPSA) is 81.1 Å². The standard InChI is InChI=1S/C16H29N5O2/c1-11(10-16(3,4)23-5)18-15(22)14-12(2)21(20-19-14)13-6-8-17-9-7-13/h11,13,17H,6-10H2,1-5H3,(H,18,22)/t11-/m1/s1. The summed E-state index contributed by atoms with van der Waals surface area (Å²) in [5.74, 6) is -0.165. The molecule has 2 rings (SSSR count). The number of amides is 1. The molecule has 1 aliphatic heterocycles. The van der Waals surface area contributed by atoms with E-state index in [1.807, 2.05) is 32.4 Å². The maximum atomic E-state index is 12.5. The Labute approximate surface area is 138 Å². The highest BCUT2D eigenvalue weighted by molar-refractivity contribution is 5.93. The molecule has 1 fully saturated rings. The summed E-state index contributed by atoms with van der Waals surface area (Å²) in [5.41, 5.74) is 0.993. The number of hydrogen-bond acceptors (Lipinski definition) is 5. The van der Waals surface area contributed by atoms with E-state index in [-0.39, 0.29) is 17.6 Å². The average molecular weight is 323 g/mol. The van der Waals surface area contributed by atoms with E-state index in [4.69, 9.17) is 4.74 Å². The van der Waals surface area contributed by atoms with E-state index in [1.165, 1.54) is 0 Å². The predicted molar refractivity (Wildman–Crippen MR) is 88.5 cm³/mol. The number of carbonyl (C=O) groups is 1. The lowest BCUT2D eigenvalue weighted by molar-refractivity contribution is 0.00883. The molecule has 0 saturated carbocycles. The summed E-state index contributed by atoms with van der Waals surface area (Å²) in [6.45, 7) is 9.87. The number of carbonyl (C=O) groups excluding carboxylic acids is 1. The minimum Gasteiger partial charge on any atom is -0.379 e. The quantitative estimate of drug-likeness (QED) is 0.828. The van der Waals surface area contributed by atoms with Crippen molar-refractivity contribution in [3.8, 4) is 0 Å². The molecular weight excluding hydrogens is 294 g/mol. The van der Waals surface area contributed by atoms with E-state index in [1.54, 1.807) is 7.11 Å². The van der Waals surface area contributed by atoms with Gasteiger partial charge in [-0.2, -0.15) is 0 Å². The molecule has 0 radical (unpaired) electrons. The zero-order chi connectivity index (χ0) is 17.0. The normalized spacial score (nSPS) is 18.0.